The number of ether oxygens (including phenoxy) is 1. The van der Waals surface area contributed by atoms with Gasteiger partial charge < -0.3 is 9.84 Å². The molecule has 0 aliphatic carbocycles. The number of hydrogen-bond donors (Lipinski definition) is 2. The van der Waals surface area contributed by atoms with Gasteiger partial charge in [-0.1, -0.05) is 24.3 Å². The summed E-state index contributed by atoms with van der Waals surface area (Å²) in [6.07, 6.45) is -0.361. The molecule has 7 heteroatoms. The Hall–Kier alpha value is -3.35. The molecule has 1 aliphatic rings. The van der Waals surface area contributed by atoms with E-state index >= 15 is 0 Å². The molecule has 0 spiro atoms. The third-order valence-electron chi connectivity index (χ3n) is 3.84. The highest BCUT2D eigenvalue weighted by molar-refractivity contribution is 6.01. The van der Waals surface area contributed by atoms with E-state index in [1.807, 2.05) is 24.3 Å². The summed E-state index contributed by atoms with van der Waals surface area (Å²) in [7, 11) is 0. The molecule has 2 N–H and O–H groups in total. The second-order valence-corrected chi connectivity index (χ2v) is 5.48. The average molecular weight is 339 g/mol. The maximum atomic E-state index is 11.7. The molecule has 0 aromatic heterocycles. The van der Waals surface area contributed by atoms with Crippen LogP contribution in [0.2, 0.25) is 0 Å². The quantitative estimate of drug-likeness (QED) is 0.645. The largest absolute Gasteiger partial charge is 0.478 e. The lowest BCUT2D eigenvalue weighted by molar-refractivity contribution is 0.0698. The number of cyclic esters (lactones) is 1. The summed E-state index contributed by atoms with van der Waals surface area (Å²) in [5.74, 6) is -1.02. The Morgan fingerprint density at radius 1 is 1.24 bits per heavy atom. The predicted molar refractivity (Wildman–Crippen MR) is 94.4 cm³/mol. The van der Waals surface area contributed by atoms with Crippen molar-refractivity contribution in [3.8, 4) is 0 Å². The van der Waals surface area contributed by atoms with E-state index in [0.29, 0.717) is 24.6 Å². The van der Waals surface area contributed by atoms with Crippen LogP contribution in [0.5, 0.6) is 0 Å². The molecule has 0 saturated carbocycles. The Bertz CT molecular complexity index is 848. The van der Waals surface area contributed by atoms with Crippen molar-refractivity contribution >= 4 is 29.1 Å². The minimum Gasteiger partial charge on any atom is -0.478 e. The Labute approximate surface area is 144 Å². The van der Waals surface area contributed by atoms with E-state index in [9.17, 15) is 14.7 Å². The van der Waals surface area contributed by atoms with Crippen LogP contribution in [-0.4, -0.2) is 36.0 Å². The molecule has 2 aromatic carbocycles. The van der Waals surface area contributed by atoms with Crippen molar-refractivity contribution in [1.82, 2.24) is 0 Å². The molecule has 0 unspecified atom stereocenters. The second-order valence-electron chi connectivity index (χ2n) is 5.48. The second kappa shape index (κ2) is 7.04. The first kappa shape index (κ1) is 16.5. The lowest BCUT2D eigenvalue weighted by Crippen LogP contribution is -2.23. The van der Waals surface area contributed by atoms with Gasteiger partial charge in [-0.2, -0.15) is 5.10 Å². The zero-order chi connectivity index (χ0) is 17.8. The van der Waals surface area contributed by atoms with Crippen molar-refractivity contribution in [2.24, 2.45) is 5.10 Å². The molecule has 1 amide bonds. The van der Waals surface area contributed by atoms with E-state index < -0.39 is 5.97 Å². The summed E-state index contributed by atoms with van der Waals surface area (Å²) >= 11 is 0. The number of rotatable bonds is 5. The van der Waals surface area contributed by atoms with Crippen LogP contribution in [0.15, 0.2) is 53.6 Å². The molecule has 25 heavy (non-hydrogen) atoms. The first-order valence-electron chi connectivity index (χ1n) is 7.73. The molecule has 3 rings (SSSR count). The van der Waals surface area contributed by atoms with Gasteiger partial charge >= 0.3 is 12.1 Å². The number of carboxylic acids is 1. The van der Waals surface area contributed by atoms with Crippen molar-refractivity contribution in [3.05, 3.63) is 59.7 Å². The van der Waals surface area contributed by atoms with Gasteiger partial charge in [0.15, 0.2) is 0 Å². The van der Waals surface area contributed by atoms with E-state index in [-0.39, 0.29) is 11.7 Å². The highest BCUT2D eigenvalue weighted by Crippen LogP contribution is 2.21. The lowest BCUT2D eigenvalue weighted by Gasteiger charge is -2.14. The molecule has 0 atom stereocenters. The SMILES string of the molecule is CC(=NNc1ccccc1C(=O)O)c1cccc(N2CCOC2=O)c1. The van der Waals surface area contributed by atoms with Crippen molar-refractivity contribution in [2.45, 2.75) is 6.92 Å². The molecule has 1 fully saturated rings. The Morgan fingerprint density at radius 2 is 2.04 bits per heavy atom. The predicted octanol–water partition coefficient (Wildman–Crippen LogP) is 3.18. The zero-order valence-electron chi connectivity index (χ0n) is 13.6. The number of hydrazone groups is 1. The number of aromatic carboxylic acids is 1. The van der Waals surface area contributed by atoms with Gasteiger partial charge in [0.05, 0.1) is 23.5 Å². The molecule has 0 radical (unpaired) electrons. The van der Waals surface area contributed by atoms with E-state index in [1.165, 1.54) is 6.07 Å². The van der Waals surface area contributed by atoms with Gasteiger partial charge in [-0.15, -0.1) is 0 Å². The topological polar surface area (TPSA) is 91.2 Å². The summed E-state index contributed by atoms with van der Waals surface area (Å²) in [5.41, 5.74) is 5.56. The van der Waals surface area contributed by atoms with E-state index in [1.54, 1.807) is 30.0 Å². The number of nitrogens with zero attached hydrogens (tertiary/aromatic N) is 2. The normalized spacial score (nSPS) is 14.4. The highest BCUT2D eigenvalue weighted by atomic mass is 16.6. The van der Waals surface area contributed by atoms with E-state index in [2.05, 4.69) is 10.5 Å². The van der Waals surface area contributed by atoms with Gasteiger partial charge in [0.25, 0.3) is 0 Å². The molecular weight excluding hydrogens is 322 g/mol. The minimum atomic E-state index is -1.02. The Balaban J connectivity index is 1.81. The fourth-order valence-electron chi connectivity index (χ4n) is 2.50. The number of para-hydroxylation sites is 1. The van der Waals surface area contributed by atoms with Gasteiger partial charge in [0.1, 0.15) is 6.61 Å². The molecule has 1 saturated heterocycles. The minimum absolute atomic E-state index is 0.146. The van der Waals surface area contributed by atoms with E-state index in [0.717, 1.165) is 11.3 Å². The summed E-state index contributed by atoms with van der Waals surface area (Å²) in [6.45, 7) is 2.70. The summed E-state index contributed by atoms with van der Waals surface area (Å²) in [6, 6.07) is 13.9. The van der Waals surface area contributed by atoms with Crippen LogP contribution in [0.4, 0.5) is 16.2 Å². The van der Waals surface area contributed by atoms with Gasteiger partial charge in [-0.05, 0) is 36.8 Å². The van der Waals surface area contributed by atoms with Crippen LogP contribution in [-0.2, 0) is 4.74 Å². The summed E-state index contributed by atoms with van der Waals surface area (Å²) in [4.78, 5) is 24.5. The fraction of sp³-hybridized carbons (Fsp3) is 0.167. The van der Waals surface area contributed by atoms with Crippen LogP contribution < -0.4 is 10.3 Å². The fourth-order valence-corrected chi connectivity index (χ4v) is 2.50. The maximum Gasteiger partial charge on any atom is 0.414 e. The van der Waals surface area contributed by atoms with E-state index in [4.69, 9.17) is 4.74 Å². The number of amides is 1. The number of carboxylic acid groups (broad SMARTS) is 1. The van der Waals surface area contributed by atoms with Crippen molar-refractivity contribution in [1.29, 1.82) is 0 Å². The van der Waals surface area contributed by atoms with Crippen LogP contribution in [0.1, 0.15) is 22.8 Å². The van der Waals surface area contributed by atoms with Crippen molar-refractivity contribution in [2.75, 3.05) is 23.5 Å². The van der Waals surface area contributed by atoms with Gasteiger partial charge in [-0.3, -0.25) is 10.3 Å². The van der Waals surface area contributed by atoms with Crippen LogP contribution in [0.3, 0.4) is 0 Å². The smallest absolute Gasteiger partial charge is 0.414 e. The molecule has 1 aliphatic heterocycles. The number of nitrogens with one attached hydrogen (secondary N) is 1. The third kappa shape index (κ3) is 3.60. The Kier molecular flexibility index (Phi) is 4.65. The molecule has 0 bridgehead atoms. The number of hydrogen-bond acceptors (Lipinski definition) is 5. The number of anilines is 2. The van der Waals surface area contributed by atoms with Crippen LogP contribution in [0, 0.1) is 0 Å². The van der Waals surface area contributed by atoms with Gasteiger partial charge in [-0.25, -0.2) is 9.59 Å². The highest BCUT2D eigenvalue weighted by Gasteiger charge is 2.23. The third-order valence-corrected chi connectivity index (χ3v) is 3.84. The zero-order valence-corrected chi connectivity index (χ0v) is 13.6. The van der Waals surface area contributed by atoms with Crippen molar-refractivity contribution in [3.63, 3.8) is 0 Å². The summed E-state index contributed by atoms with van der Waals surface area (Å²) in [5, 5.41) is 13.5. The van der Waals surface area contributed by atoms with Crippen LogP contribution >= 0.6 is 0 Å². The van der Waals surface area contributed by atoms with Crippen molar-refractivity contribution < 1.29 is 19.4 Å². The standard InChI is InChI=1S/C18H17N3O4/c1-12(19-20-16-8-3-2-7-15(16)17(22)23)13-5-4-6-14(11-13)21-9-10-25-18(21)24/h2-8,11,20H,9-10H2,1H3,(H,22,23). The number of benzene rings is 2. The average Bonchev–Trinajstić information content (AvgIpc) is 3.06. The Morgan fingerprint density at radius 3 is 2.76 bits per heavy atom. The molecule has 128 valence electrons. The first-order chi connectivity index (χ1) is 12.1. The number of carbonyl (C=O) groups excluding carboxylic acids is 1. The summed E-state index contributed by atoms with van der Waals surface area (Å²) < 4.78 is 4.95. The van der Waals surface area contributed by atoms with Gasteiger partial charge in [0.2, 0.25) is 0 Å². The molecule has 7 nitrogen and oxygen atoms in total. The molecular formula is C18H17N3O4. The maximum absolute atomic E-state index is 11.7. The lowest BCUT2D eigenvalue weighted by atomic mass is 10.1. The number of carbonyl (C=O) groups is 2. The molecule has 1 heterocycles. The first-order valence-corrected chi connectivity index (χ1v) is 7.73. The van der Waals surface area contributed by atoms with Gasteiger partial charge in [0, 0.05) is 5.69 Å². The van der Waals surface area contributed by atoms with Crippen LogP contribution in [0.25, 0.3) is 0 Å². The molecule has 2 aromatic rings. The monoisotopic (exact) mass is 339 g/mol.